The average Bonchev–Trinajstić information content (AvgIpc) is 2.38. The first kappa shape index (κ1) is 13.7. The van der Waals surface area contributed by atoms with Gasteiger partial charge in [0.15, 0.2) is 0 Å². The second kappa shape index (κ2) is 7.04. The van der Waals surface area contributed by atoms with Crippen LogP contribution in [0.15, 0.2) is 30.3 Å². The van der Waals surface area contributed by atoms with Gasteiger partial charge in [0.1, 0.15) is 0 Å². The molecule has 0 N–H and O–H groups in total. The number of esters is 1. The number of methoxy groups -OCH3 is 1. The number of ether oxygens (including phenoxy) is 1. The Bertz CT molecular complexity index is 340. The lowest BCUT2D eigenvalue weighted by Gasteiger charge is -2.20. The van der Waals surface area contributed by atoms with Gasteiger partial charge in [0, 0.05) is 13.6 Å². The summed E-state index contributed by atoms with van der Waals surface area (Å²) in [5.41, 5.74) is 1.12. The van der Waals surface area contributed by atoms with Gasteiger partial charge in [0.05, 0.1) is 20.1 Å². The molecule has 0 aliphatic heterocycles. The molecule has 0 saturated carbocycles. The van der Waals surface area contributed by atoms with Gasteiger partial charge >= 0.3 is 5.97 Å². The van der Waals surface area contributed by atoms with E-state index in [0.717, 1.165) is 5.56 Å². The molecule has 0 saturated heterocycles. The van der Waals surface area contributed by atoms with Gasteiger partial charge in [-0.15, -0.1) is 0 Å². The maximum absolute atomic E-state index is 11.7. The van der Waals surface area contributed by atoms with Crippen LogP contribution in [0.4, 0.5) is 0 Å². The molecule has 0 bridgehead atoms. The smallest absolute Gasteiger partial charge is 0.310 e. The Labute approximate surface area is 102 Å². The first-order valence-corrected chi connectivity index (χ1v) is 5.54. The Kier molecular flexibility index (Phi) is 5.66. The van der Waals surface area contributed by atoms with E-state index in [1.54, 1.807) is 19.2 Å². The number of hydrogen-bond donors (Lipinski definition) is 0. The van der Waals surface area contributed by atoms with E-state index in [9.17, 15) is 4.79 Å². The van der Waals surface area contributed by atoms with Crippen molar-refractivity contribution >= 4 is 5.97 Å². The van der Waals surface area contributed by atoms with E-state index in [0.29, 0.717) is 13.0 Å². The summed E-state index contributed by atoms with van der Waals surface area (Å²) in [6.07, 6.45) is 0.654. The van der Waals surface area contributed by atoms with Gasteiger partial charge < -0.3 is 9.57 Å². The highest BCUT2D eigenvalue weighted by Gasteiger charge is 2.21. The summed E-state index contributed by atoms with van der Waals surface area (Å²) in [6.45, 7) is 0.512. The van der Waals surface area contributed by atoms with Crippen LogP contribution in [-0.4, -0.2) is 38.8 Å². The second-order valence-electron chi connectivity index (χ2n) is 3.90. The average molecular weight is 237 g/mol. The zero-order chi connectivity index (χ0) is 12.7. The molecule has 4 heteroatoms. The number of carbonyl (C=O) groups is 1. The molecule has 0 aliphatic rings. The fourth-order valence-corrected chi connectivity index (χ4v) is 1.67. The summed E-state index contributed by atoms with van der Waals surface area (Å²) in [4.78, 5) is 16.7. The predicted molar refractivity (Wildman–Crippen MR) is 65.3 cm³/mol. The minimum Gasteiger partial charge on any atom is -0.469 e. The van der Waals surface area contributed by atoms with Crippen LogP contribution in [0.3, 0.4) is 0 Å². The van der Waals surface area contributed by atoms with Crippen molar-refractivity contribution in [2.24, 2.45) is 5.92 Å². The number of hydrogen-bond acceptors (Lipinski definition) is 4. The van der Waals surface area contributed by atoms with Crippen LogP contribution in [0, 0.1) is 5.92 Å². The number of rotatable bonds is 6. The Morgan fingerprint density at radius 3 is 2.47 bits per heavy atom. The van der Waals surface area contributed by atoms with E-state index in [4.69, 9.17) is 9.57 Å². The SMILES string of the molecule is COC(=O)C(Cc1ccccc1)CN(C)OC. The molecule has 0 spiro atoms. The fraction of sp³-hybridized carbons (Fsp3) is 0.462. The number of benzene rings is 1. The summed E-state index contributed by atoms with van der Waals surface area (Å²) in [5.74, 6) is -0.426. The Morgan fingerprint density at radius 1 is 1.29 bits per heavy atom. The summed E-state index contributed by atoms with van der Waals surface area (Å²) in [6, 6.07) is 9.89. The topological polar surface area (TPSA) is 38.8 Å². The third-order valence-corrected chi connectivity index (χ3v) is 2.65. The van der Waals surface area contributed by atoms with Gasteiger partial charge in [-0.25, -0.2) is 0 Å². The van der Waals surface area contributed by atoms with Crippen LogP contribution in [0.5, 0.6) is 0 Å². The maximum Gasteiger partial charge on any atom is 0.310 e. The summed E-state index contributed by atoms with van der Waals surface area (Å²) < 4.78 is 4.81. The predicted octanol–water partition coefficient (Wildman–Crippen LogP) is 1.51. The molecule has 0 radical (unpaired) electrons. The molecule has 94 valence electrons. The lowest BCUT2D eigenvalue weighted by Crippen LogP contribution is -2.32. The minimum absolute atomic E-state index is 0.210. The molecule has 4 nitrogen and oxygen atoms in total. The van der Waals surface area contributed by atoms with Gasteiger partial charge in [0.25, 0.3) is 0 Å². The van der Waals surface area contributed by atoms with Crippen molar-refractivity contribution in [3.8, 4) is 0 Å². The Morgan fingerprint density at radius 2 is 1.94 bits per heavy atom. The van der Waals surface area contributed by atoms with Crippen LogP contribution < -0.4 is 0 Å². The lowest BCUT2D eigenvalue weighted by atomic mass is 9.99. The van der Waals surface area contributed by atoms with Crippen LogP contribution in [0.1, 0.15) is 5.56 Å². The van der Waals surface area contributed by atoms with E-state index >= 15 is 0 Å². The molecule has 0 heterocycles. The van der Waals surface area contributed by atoms with Crippen molar-refractivity contribution in [1.82, 2.24) is 5.06 Å². The first-order chi connectivity index (χ1) is 8.17. The fourth-order valence-electron chi connectivity index (χ4n) is 1.67. The molecule has 0 amide bonds. The van der Waals surface area contributed by atoms with E-state index in [1.807, 2.05) is 30.3 Å². The van der Waals surface area contributed by atoms with Crippen LogP contribution >= 0.6 is 0 Å². The van der Waals surface area contributed by atoms with Gasteiger partial charge in [-0.2, -0.15) is 5.06 Å². The third-order valence-electron chi connectivity index (χ3n) is 2.65. The normalized spacial score (nSPS) is 12.5. The van der Waals surface area contributed by atoms with E-state index in [1.165, 1.54) is 7.11 Å². The molecular formula is C13H19NO3. The zero-order valence-corrected chi connectivity index (χ0v) is 10.6. The molecule has 1 unspecified atom stereocenters. The summed E-state index contributed by atoms with van der Waals surface area (Å²) in [5, 5.41) is 1.63. The second-order valence-corrected chi connectivity index (χ2v) is 3.90. The summed E-state index contributed by atoms with van der Waals surface area (Å²) in [7, 11) is 4.78. The van der Waals surface area contributed by atoms with Crippen molar-refractivity contribution in [3.05, 3.63) is 35.9 Å². The monoisotopic (exact) mass is 237 g/mol. The standard InChI is InChI=1S/C13H19NO3/c1-14(17-3)10-12(13(15)16-2)9-11-7-5-4-6-8-11/h4-8,12H,9-10H2,1-3H3. The van der Waals surface area contributed by atoms with E-state index in [-0.39, 0.29) is 11.9 Å². The van der Waals surface area contributed by atoms with Gasteiger partial charge in [-0.3, -0.25) is 4.79 Å². The van der Waals surface area contributed by atoms with E-state index < -0.39 is 0 Å². The molecular weight excluding hydrogens is 218 g/mol. The molecule has 1 rings (SSSR count). The number of carbonyl (C=O) groups excluding carboxylic acids is 1. The van der Waals surface area contributed by atoms with Crippen molar-refractivity contribution in [1.29, 1.82) is 0 Å². The highest BCUT2D eigenvalue weighted by molar-refractivity contribution is 5.72. The Hall–Kier alpha value is -1.39. The third kappa shape index (κ3) is 4.54. The Balaban J connectivity index is 2.67. The molecule has 0 aliphatic carbocycles. The quantitative estimate of drug-likeness (QED) is 0.555. The van der Waals surface area contributed by atoms with Crippen molar-refractivity contribution < 1.29 is 14.4 Å². The maximum atomic E-state index is 11.7. The molecule has 0 fully saturated rings. The largest absolute Gasteiger partial charge is 0.469 e. The number of hydroxylamine groups is 2. The summed E-state index contributed by atoms with van der Waals surface area (Å²) >= 11 is 0. The van der Waals surface area contributed by atoms with Crippen molar-refractivity contribution in [3.63, 3.8) is 0 Å². The highest BCUT2D eigenvalue weighted by Crippen LogP contribution is 2.11. The van der Waals surface area contributed by atoms with Crippen molar-refractivity contribution in [2.75, 3.05) is 27.8 Å². The van der Waals surface area contributed by atoms with Crippen LogP contribution in [0.25, 0.3) is 0 Å². The molecule has 1 aromatic carbocycles. The number of nitrogens with zero attached hydrogens (tertiary/aromatic N) is 1. The van der Waals surface area contributed by atoms with Crippen molar-refractivity contribution in [2.45, 2.75) is 6.42 Å². The molecule has 17 heavy (non-hydrogen) atoms. The molecule has 1 aromatic rings. The van der Waals surface area contributed by atoms with E-state index in [2.05, 4.69) is 0 Å². The van der Waals surface area contributed by atoms with Crippen LogP contribution in [0.2, 0.25) is 0 Å². The van der Waals surface area contributed by atoms with Gasteiger partial charge in [-0.05, 0) is 12.0 Å². The van der Waals surface area contributed by atoms with Gasteiger partial charge in [0.2, 0.25) is 0 Å². The zero-order valence-electron chi connectivity index (χ0n) is 10.6. The molecule has 1 atom stereocenters. The first-order valence-electron chi connectivity index (χ1n) is 5.54. The van der Waals surface area contributed by atoms with Gasteiger partial charge in [-0.1, -0.05) is 30.3 Å². The lowest BCUT2D eigenvalue weighted by molar-refractivity contribution is -0.155. The highest BCUT2D eigenvalue weighted by atomic mass is 16.7. The molecule has 0 aromatic heterocycles. The minimum atomic E-state index is -0.215. The van der Waals surface area contributed by atoms with Crippen LogP contribution in [-0.2, 0) is 20.8 Å².